The monoisotopic (exact) mass is 334 g/mol. The van der Waals surface area contributed by atoms with E-state index in [1.54, 1.807) is 17.6 Å². The zero-order valence-electron chi connectivity index (χ0n) is 13.0. The van der Waals surface area contributed by atoms with E-state index in [1.165, 1.54) is 23.5 Å². The predicted octanol–water partition coefficient (Wildman–Crippen LogP) is 3.52. The minimum atomic E-state index is -0.272. The molecule has 0 bridgehead atoms. The second kappa shape index (κ2) is 7.08. The quantitative estimate of drug-likeness (QED) is 0.859. The molecule has 1 aromatic carbocycles. The molecule has 0 aliphatic carbocycles. The van der Waals surface area contributed by atoms with E-state index in [2.05, 4.69) is 4.98 Å². The van der Waals surface area contributed by atoms with E-state index >= 15 is 0 Å². The highest BCUT2D eigenvalue weighted by atomic mass is 32.1. The summed E-state index contributed by atoms with van der Waals surface area (Å²) in [4.78, 5) is 19.3. The zero-order chi connectivity index (χ0) is 16.2. The van der Waals surface area contributed by atoms with Crippen LogP contribution in [0.3, 0.4) is 0 Å². The van der Waals surface area contributed by atoms with E-state index in [9.17, 15) is 9.18 Å². The van der Waals surface area contributed by atoms with Crippen LogP contribution in [-0.2, 0) is 0 Å². The Morgan fingerprint density at radius 3 is 2.91 bits per heavy atom. The first kappa shape index (κ1) is 15.9. The number of halogens is 1. The maximum Gasteiger partial charge on any atom is 0.265 e. The first-order chi connectivity index (χ1) is 11.1. The van der Waals surface area contributed by atoms with Crippen molar-refractivity contribution in [3.05, 3.63) is 46.2 Å². The molecular weight excluding hydrogens is 315 g/mol. The molecule has 1 fully saturated rings. The Hall–Kier alpha value is -1.95. The number of carbonyl (C=O) groups is 1. The van der Waals surface area contributed by atoms with Crippen molar-refractivity contribution in [3.8, 4) is 5.75 Å². The number of aromatic nitrogens is 1. The van der Waals surface area contributed by atoms with Crippen molar-refractivity contribution in [2.45, 2.75) is 19.8 Å². The molecule has 1 aliphatic heterocycles. The maximum atomic E-state index is 12.9. The Bertz CT molecular complexity index is 671. The molecule has 23 heavy (non-hydrogen) atoms. The summed E-state index contributed by atoms with van der Waals surface area (Å²) in [6.07, 6.45) is 2.01. The molecule has 2 aromatic rings. The Balaban J connectivity index is 1.57. The van der Waals surface area contributed by atoms with Crippen molar-refractivity contribution < 1.29 is 13.9 Å². The highest BCUT2D eigenvalue weighted by Crippen LogP contribution is 2.22. The van der Waals surface area contributed by atoms with Crippen molar-refractivity contribution in [1.29, 1.82) is 0 Å². The molecule has 6 heteroatoms. The number of rotatable bonds is 4. The normalized spacial score (nSPS) is 18.0. The third-order valence-corrected chi connectivity index (χ3v) is 4.96. The Morgan fingerprint density at radius 1 is 1.43 bits per heavy atom. The van der Waals surface area contributed by atoms with Gasteiger partial charge in [-0.3, -0.25) is 4.79 Å². The van der Waals surface area contributed by atoms with Gasteiger partial charge >= 0.3 is 0 Å². The number of aryl methyl sites for hydroxylation is 1. The molecule has 0 saturated carbocycles. The predicted molar refractivity (Wildman–Crippen MR) is 87.4 cm³/mol. The fourth-order valence-electron chi connectivity index (χ4n) is 2.78. The lowest BCUT2D eigenvalue weighted by Gasteiger charge is -2.32. The highest BCUT2D eigenvalue weighted by Gasteiger charge is 2.26. The fraction of sp³-hybridized carbons (Fsp3) is 0.412. The minimum absolute atomic E-state index is 0.0662. The number of thiazole rings is 1. The van der Waals surface area contributed by atoms with Crippen molar-refractivity contribution in [2.75, 3.05) is 19.7 Å². The van der Waals surface area contributed by atoms with Crippen LogP contribution in [0.25, 0.3) is 0 Å². The number of amides is 1. The molecule has 0 N–H and O–H groups in total. The molecule has 1 unspecified atom stereocenters. The van der Waals surface area contributed by atoms with Gasteiger partial charge in [0.15, 0.2) is 0 Å². The summed E-state index contributed by atoms with van der Waals surface area (Å²) in [5.74, 6) is 0.752. The van der Waals surface area contributed by atoms with Crippen LogP contribution in [0.2, 0.25) is 0 Å². The lowest BCUT2D eigenvalue weighted by atomic mass is 9.98. The first-order valence-electron chi connectivity index (χ1n) is 7.71. The molecule has 1 aromatic heterocycles. The maximum absolute atomic E-state index is 12.9. The van der Waals surface area contributed by atoms with Crippen LogP contribution in [0.1, 0.15) is 28.2 Å². The molecule has 1 aliphatic rings. The summed E-state index contributed by atoms with van der Waals surface area (Å²) in [6.45, 7) is 3.88. The van der Waals surface area contributed by atoms with E-state index in [1.807, 2.05) is 11.8 Å². The molecule has 4 nitrogen and oxygen atoms in total. The van der Waals surface area contributed by atoms with Gasteiger partial charge in [0.05, 0.1) is 17.8 Å². The van der Waals surface area contributed by atoms with Crippen LogP contribution in [0, 0.1) is 18.7 Å². The van der Waals surface area contributed by atoms with Gasteiger partial charge in [-0.25, -0.2) is 9.37 Å². The van der Waals surface area contributed by atoms with E-state index in [4.69, 9.17) is 4.74 Å². The second-order valence-corrected chi connectivity index (χ2v) is 6.65. The van der Waals surface area contributed by atoms with E-state index in [-0.39, 0.29) is 11.7 Å². The Labute approximate surface area is 138 Å². The third-order valence-electron chi connectivity index (χ3n) is 4.05. The molecule has 0 spiro atoms. The Kier molecular flexibility index (Phi) is 4.91. The molecule has 1 amide bonds. The van der Waals surface area contributed by atoms with E-state index < -0.39 is 0 Å². The fourth-order valence-corrected chi connectivity index (χ4v) is 3.55. The van der Waals surface area contributed by atoms with Crippen molar-refractivity contribution >= 4 is 17.2 Å². The van der Waals surface area contributed by atoms with Crippen LogP contribution < -0.4 is 4.74 Å². The number of hydrogen-bond acceptors (Lipinski definition) is 4. The summed E-state index contributed by atoms with van der Waals surface area (Å²) in [5.41, 5.74) is 2.51. The SMILES string of the molecule is Cc1ncsc1C(=O)N1CCCC(COc2ccc(F)cc2)C1. The summed E-state index contributed by atoms with van der Waals surface area (Å²) in [7, 11) is 0. The van der Waals surface area contributed by atoms with E-state index in [0.29, 0.717) is 24.8 Å². The average Bonchev–Trinajstić information content (AvgIpc) is 3.00. The number of ether oxygens (including phenoxy) is 1. The van der Waals surface area contributed by atoms with Gasteiger partial charge in [0.1, 0.15) is 16.4 Å². The second-order valence-electron chi connectivity index (χ2n) is 5.79. The average molecular weight is 334 g/mol. The van der Waals surface area contributed by atoms with Crippen molar-refractivity contribution in [1.82, 2.24) is 9.88 Å². The van der Waals surface area contributed by atoms with Crippen LogP contribution >= 0.6 is 11.3 Å². The van der Waals surface area contributed by atoms with Gasteiger partial charge in [-0.05, 0) is 44.0 Å². The van der Waals surface area contributed by atoms with Crippen LogP contribution in [0.15, 0.2) is 29.8 Å². The van der Waals surface area contributed by atoms with Gasteiger partial charge in [-0.1, -0.05) is 0 Å². The molecule has 122 valence electrons. The molecular formula is C17H19FN2O2S. The summed E-state index contributed by atoms with van der Waals surface area (Å²) in [5, 5.41) is 0. The van der Waals surface area contributed by atoms with Crippen molar-refractivity contribution in [2.24, 2.45) is 5.92 Å². The topological polar surface area (TPSA) is 42.4 Å². The summed E-state index contributed by atoms with van der Waals surface area (Å²) in [6, 6.07) is 6.03. The molecule has 1 saturated heterocycles. The van der Waals surface area contributed by atoms with Gasteiger partial charge in [-0.15, -0.1) is 11.3 Å². The lowest BCUT2D eigenvalue weighted by molar-refractivity contribution is 0.0637. The van der Waals surface area contributed by atoms with Gasteiger partial charge < -0.3 is 9.64 Å². The number of piperidine rings is 1. The van der Waals surface area contributed by atoms with E-state index in [0.717, 1.165) is 30.0 Å². The minimum Gasteiger partial charge on any atom is -0.493 e. The third kappa shape index (κ3) is 3.88. The molecule has 3 rings (SSSR count). The number of benzene rings is 1. The lowest BCUT2D eigenvalue weighted by Crippen LogP contribution is -2.41. The molecule has 1 atom stereocenters. The van der Waals surface area contributed by atoms with Gasteiger partial charge in [0.25, 0.3) is 5.91 Å². The number of carbonyl (C=O) groups excluding carboxylic acids is 1. The Morgan fingerprint density at radius 2 is 2.22 bits per heavy atom. The highest BCUT2D eigenvalue weighted by molar-refractivity contribution is 7.11. The van der Waals surface area contributed by atoms with Gasteiger partial charge in [-0.2, -0.15) is 0 Å². The largest absolute Gasteiger partial charge is 0.493 e. The summed E-state index contributed by atoms with van der Waals surface area (Å²) >= 11 is 1.40. The standard InChI is InChI=1S/C17H19FN2O2S/c1-12-16(23-11-19-12)17(21)20-8-2-3-13(9-20)10-22-15-6-4-14(18)5-7-15/h4-7,11,13H,2-3,8-10H2,1H3. The number of hydrogen-bond donors (Lipinski definition) is 0. The van der Waals surface area contributed by atoms with Crippen molar-refractivity contribution in [3.63, 3.8) is 0 Å². The summed E-state index contributed by atoms with van der Waals surface area (Å²) < 4.78 is 18.6. The van der Waals surface area contributed by atoms with Gasteiger partial charge in [0.2, 0.25) is 0 Å². The van der Waals surface area contributed by atoms with Crippen LogP contribution in [0.4, 0.5) is 4.39 Å². The number of likely N-dealkylation sites (tertiary alicyclic amines) is 1. The molecule has 2 heterocycles. The number of nitrogens with zero attached hydrogens (tertiary/aromatic N) is 2. The smallest absolute Gasteiger partial charge is 0.265 e. The van der Waals surface area contributed by atoms with Crippen LogP contribution in [-0.4, -0.2) is 35.5 Å². The van der Waals surface area contributed by atoms with Crippen LogP contribution in [0.5, 0.6) is 5.75 Å². The zero-order valence-corrected chi connectivity index (χ0v) is 13.8. The first-order valence-corrected chi connectivity index (χ1v) is 8.59. The molecule has 0 radical (unpaired) electrons. The van der Waals surface area contributed by atoms with Gasteiger partial charge in [0, 0.05) is 19.0 Å².